The zero-order chi connectivity index (χ0) is 14.2. The number of nitrogens with two attached hydrogens (primary N) is 2. The molecule has 0 radical (unpaired) electrons. The fraction of sp³-hybridized carbons (Fsp3) is 0.500. The number of thiophene rings is 1. The third-order valence-corrected chi connectivity index (χ3v) is 4.90. The molecular formula is C12H19N4O2S+. The fourth-order valence-electron chi connectivity index (χ4n) is 2.44. The van der Waals surface area contributed by atoms with Gasteiger partial charge in [0.2, 0.25) is 0 Å². The first-order chi connectivity index (χ1) is 8.86. The van der Waals surface area contributed by atoms with Crippen molar-refractivity contribution in [3.63, 3.8) is 0 Å². The first kappa shape index (κ1) is 13.8. The summed E-state index contributed by atoms with van der Waals surface area (Å²) in [7, 11) is 2.19. The largest absolute Gasteiger partial charge is 0.365 e. The number of hydrogen-bond acceptors (Lipinski definition) is 3. The average Bonchev–Trinajstić information content (AvgIpc) is 2.64. The second kappa shape index (κ2) is 4.82. The van der Waals surface area contributed by atoms with Gasteiger partial charge in [-0.05, 0) is 12.5 Å². The smallest absolute Gasteiger partial charge is 0.317 e. The van der Waals surface area contributed by atoms with E-state index < -0.39 is 11.9 Å². The van der Waals surface area contributed by atoms with Gasteiger partial charge in [0, 0.05) is 6.42 Å². The summed E-state index contributed by atoms with van der Waals surface area (Å²) in [4.78, 5) is 23.7. The Labute approximate surface area is 116 Å². The molecule has 0 spiro atoms. The van der Waals surface area contributed by atoms with Crippen molar-refractivity contribution in [2.45, 2.75) is 19.9 Å². The van der Waals surface area contributed by atoms with E-state index in [4.69, 9.17) is 11.5 Å². The number of nitrogens with one attached hydrogen (secondary N) is 1. The highest BCUT2D eigenvalue weighted by atomic mass is 32.1. The molecule has 1 aliphatic heterocycles. The highest BCUT2D eigenvalue weighted by Gasteiger charge is 2.33. The molecule has 1 unspecified atom stereocenters. The molecule has 3 amide bonds. The summed E-state index contributed by atoms with van der Waals surface area (Å²) in [5.74, 6) is -0.506. The second-order valence-electron chi connectivity index (χ2n) is 5.13. The lowest BCUT2D eigenvalue weighted by Crippen LogP contribution is -2.47. The average molecular weight is 283 g/mol. The van der Waals surface area contributed by atoms with Crippen LogP contribution in [0.4, 0.5) is 9.80 Å². The van der Waals surface area contributed by atoms with Crippen molar-refractivity contribution >= 4 is 28.3 Å². The zero-order valence-electron chi connectivity index (χ0n) is 11.2. The molecule has 0 saturated carbocycles. The van der Waals surface area contributed by atoms with E-state index in [2.05, 4.69) is 19.3 Å². The summed E-state index contributed by atoms with van der Waals surface area (Å²) in [5.41, 5.74) is 12.0. The number of hydrogen-bond donors (Lipinski definition) is 3. The van der Waals surface area contributed by atoms with Crippen molar-refractivity contribution in [1.29, 1.82) is 0 Å². The summed E-state index contributed by atoms with van der Waals surface area (Å²) in [6, 6.07) is -0.672. The van der Waals surface area contributed by atoms with Crippen LogP contribution in [-0.2, 0) is 13.0 Å². The number of amides is 3. The molecule has 5 N–H and O–H groups in total. The van der Waals surface area contributed by atoms with Crippen LogP contribution in [-0.4, -0.2) is 36.6 Å². The SMILES string of the molecule is CC[N+]1(C)CCc2c(sc(NC(N)=O)c2C(N)=O)C1. The van der Waals surface area contributed by atoms with E-state index in [1.54, 1.807) is 0 Å². The molecule has 7 heteroatoms. The van der Waals surface area contributed by atoms with Crippen LogP contribution in [0.3, 0.4) is 0 Å². The van der Waals surface area contributed by atoms with Gasteiger partial charge in [-0.2, -0.15) is 0 Å². The Kier molecular flexibility index (Phi) is 3.51. The highest BCUT2D eigenvalue weighted by Crippen LogP contribution is 2.38. The van der Waals surface area contributed by atoms with Crippen LogP contribution in [0.5, 0.6) is 0 Å². The summed E-state index contributed by atoms with van der Waals surface area (Å²) in [5, 5.41) is 2.99. The molecule has 104 valence electrons. The quantitative estimate of drug-likeness (QED) is 0.717. The van der Waals surface area contributed by atoms with Crippen molar-refractivity contribution < 1.29 is 14.1 Å². The first-order valence-corrected chi connectivity index (χ1v) is 7.02. The van der Waals surface area contributed by atoms with Gasteiger partial charge < -0.3 is 16.0 Å². The van der Waals surface area contributed by atoms with Crippen LogP contribution in [0, 0.1) is 0 Å². The molecule has 0 aliphatic carbocycles. The maximum absolute atomic E-state index is 11.6. The molecule has 1 aromatic heterocycles. The van der Waals surface area contributed by atoms with Crippen molar-refractivity contribution in [1.82, 2.24) is 0 Å². The predicted molar refractivity (Wildman–Crippen MR) is 75.0 cm³/mol. The first-order valence-electron chi connectivity index (χ1n) is 6.20. The molecule has 1 aromatic rings. The number of quaternary nitrogens is 1. The van der Waals surface area contributed by atoms with Crippen molar-refractivity contribution in [2.24, 2.45) is 11.5 Å². The lowest BCUT2D eigenvalue weighted by molar-refractivity contribution is -0.922. The van der Waals surface area contributed by atoms with E-state index in [0.717, 1.165) is 41.0 Å². The van der Waals surface area contributed by atoms with E-state index in [-0.39, 0.29) is 0 Å². The van der Waals surface area contributed by atoms with Crippen LogP contribution in [0.2, 0.25) is 0 Å². The number of anilines is 1. The number of carbonyl (C=O) groups excluding carboxylic acids is 2. The fourth-order valence-corrected chi connectivity index (χ4v) is 3.87. The predicted octanol–water partition coefficient (Wildman–Crippen LogP) is 0.860. The Morgan fingerprint density at radius 3 is 2.63 bits per heavy atom. The van der Waals surface area contributed by atoms with E-state index >= 15 is 0 Å². The van der Waals surface area contributed by atoms with Gasteiger partial charge in [0.05, 0.1) is 30.6 Å². The van der Waals surface area contributed by atoms with Gasteiger partial charge in [-0.25, -0.2) is 4.79 Å². The topological polar surface area (TPSA) is 98.2 Å². The number of urea groups is 1. The molecule has 2 rings (SSSR count). The maximum Gasteiger partial charge on any atom is 0.317 e. The molecule has 0 aromatic carbocycles. The molecule has 2 heterocycles. The summed E-state index contributed by atoms with van der Waals surface area (Å²) >= 11 is 1.41. The van der Waals surface area contributed by atoms with Crippen molar-refractivity contribution in [3.05, 3.63) is 16.0 Å². The number of carbonyl (C=O) groups is 2. The molecule has 0 fully saturated rings. The Hall–Kier alpha value is -1.60. The van der Waals surface area contributed by atoms with Crippen LogP contribution in [0.25, 0.3) is 0 Å². The summed E-state index contributed by atoms with van der Waals surface area (Å²) < 4.78 is 0.932. The van der Waals surface area contributed by atoms with E-state index in [1.165, 1.54) is 11.3 Å². The van der Waals surface area contributed by atoms with Crippen LogP contribution >= 0.6 is 11.3 Å². The van der Waals surface area contributed by atoms with Crippen molar-refractivity contribution in [2.75, 3.05) is 25.5 Å². The maximum atomic E-state index is 11.6. The molecule has 6 nitrogen and oxygen atoms in total. The van der Waals surface area contributed by atoms with E-state index in [0.29, 0.717) is 10.6 Å². The van der Waals surface area contributed by atoms with Crippen LogP contribution < -0.4 is 16.8 Å². The van der Waals surface area contributed by atoms with Gasteiger partial charge in [0.1, 0.15) is 11.5 Å². The zero-order valence-corrected chi connectivity index (χ0v) is 12.0. The number of fused-ring (bicyclic) bond motifs is 1. The van der Waals surface area contributed by atoms with Crippen LogP contribution in [0.15, 0.2) is 0 Å². The third kappa shape index (κ3) is 2.57. The van der Waals surface area contributed by atoms with Gasteiger partial charge >= 0.3 is 6.03 Å². The summed E-state index contributed by atoms with van der Waals surface area (Å²) in [6.07, 6.45) is 0.800. The molecule has 1 aliphatic rings. The number of nitrogens with zero attached hydrogens (tertiary/aromatic N) is 1. The molecule has 1 atom stereocenters. The highest BCUT2D eigenvalue weighted by molar-refractivity contribution is 7.17. The number of primary amides is 2. The Balaban J connectivity index is 2.44. The molecular weight excluding hydrogens is 264 g/mol. The monoisotopic (exact) mass is 283 g/mol. The molecule has 0 bridgehead atoms. The number of rotatable bonds is 3. The minimum Gasteiger partial charge on any atom is -0.365 e. The van der Waals surface area contributed by atoms with Gasteiger partial charge in [-0.15, -0.1) is 11.3 Å². The van der Waals surface area contributed by atoms with Gasteiger partial charge in [-0.1, -0.05) is 0 Å². The Bertz CT molecular complexity index is 540. The van der Waals surface area contributed by atoms with Crippen LogP contribution in [0.1, 0.15) is 27.7 Å². The van der Waals surface area contributed by atoms with E-state index in [1.807, 2.05) is 0 Å². The third-order valence-electron chi connectivity index (χ3n) is 3.76. The van der Waals surface area contributed by atoms with E-state index in [9.17, 15) is 9.59 Å². The van der Waals surface area contributed by atoms with Gasteiger partial charge in [0.15, 0.2) is 0 Å². The van der Waals surface area contributed by atoms with Gasteiger partial charge in [-0.3, -0.25) is 10.1 Å². The molecule has 19 heavy (non-hydrogen) atoms. The summed E-state index contributed by atoms with van der Waals surface area (Å²) in [6.45, 7) is 5.01. The van der Waals surface area contributed by atoms with Gasteiger partial charge in [0.25, 0.3) is 5.91 Å². The minimum absolute atomic E-state index is 0.432. The second-order valence-corrected chi connectivity index (χ2v) is 6.23. The number of likely N-dealkylation sites (N-methyl/N-ethyl adjacent to an activating group) is 1. The lowest BCUT2D eigenvalue weighted by atomic mass is 10.0. The lowest BCUT2D eigenvalue weighted by Gasteiger charge is -2.36. The van der Waals surface area contributed by atoms with Crippen molar-refractivity contribution in [3.8, 4) is 0 Å². The minimum atomic E-state index is -0.672. The Morgan fingerprint density at radius 2 is 2.11 bits per heavy atom. The standard InChI is InChI=1S/C12H18N4O2S/c1-3-16(2)5-4-7-8(6-16)19-11(15-12(14)18)9(7)10(13)17/h3-6H2,1-2H3,(H4-,13,14,15,17,18)/p+1. The molecule has 0 saturated heterocycles. The Morgan fingerprint density at radius 1 is 1.42 bits per heavy atom. The normalized spacial score (nSPS) is 21.8.